The van der Waals surface area contributed by atoms with E-state index in [1.54, 1.807) is 6.07 Å². The maximum Gasteiger partial charge on any atom is 0.356 e. The minimum atomic E-state index is -0.478. The monoisotopic (exact) mass is 373 g/mol. The van der Waals surface area contributed by atoms with Crippen molar-refractivity contribution in [1.82, 2.24) is 4.98 Å². The number of methoxy groups -OCH3 is 1. The minimum Gasteiger partial charge on any atom is -0.491 e. The summed E-state index contributed by atoms with van der Waals surface area (Å²) in [7, 11) is 1.33. The lowest BCUT2D eigenvalue weighted by molar-refractivity contribution is -0.154. The molecule has 0 saturated carbocycles. The van der Waals surface area contributed by atoms with E-state index in [9.17, 15) is 9.59 Å². The number of benzene rings is 1. The largest absolute Gasteiger partial charge is 0.491 e. The molecule has 0 amide bonds. The average Bonchev–Trinajstić information content (AvgIpc) is 2.62. The molecule has 1 heterocycles. The van der Waals surface area contributed by atoms with Crippen LogP contribution in [0.4, 0.5) is 0 Å². The number of ether oxygens (including phenoxy) is 3. The van der Waals surface area contributed by atoms with Crippen molar-refractivity contribution < 1.29 is 23.8 Å². The van der Waals surface area contributed by atoms with Crippen LogP contribution in [-0.2, 0) is 14.3 Å². The Bertz CT molecular complexity index is 795. The molecule has 0 aliphatic rings. The van der Waals surface area contributed by atoms with Crippen LogP contribution < -0.4 is 4.74 Å². The standard InChI is InChI=1S/C21H27NO5/c1-21(2,3)27-18(23)11-6-5-7-14-26-17-10-8-9-15-12-13-16(20(24)25-4)22-19(15)17/h8-10,12-13H,5-7,11,14H2,1-4H3. The fourth-order valence-electron chi connectivity index (χ4n) is 2.58. The van der Waals surface area contributed by atoms with Gasteiger partial charge >= 0.3 is 11.9 Å². The van der Waals surface area contributed by atoms with Gasteiger partial charge in [-0.3, -0.25) is 4.79 Å². The van der Waals surface area contributed by atoms with E-state index in [-0.39, 0.29) is 11.7 Å². The van der Waals surface area contributed by atoms with E-state index >= 15 is 0 Å². The Morgan fingerprint density at radius 3 is 2.52 bits per heavy atom. The number of nitrogens with zero attached hydrogens (tertiary/aromatic N) is 1. The first kappa shape index (κ1) is 20.7. The van der Waals surface area contributed by atoms with E-state index < -0.39 is 11.6 Å². The number of hydrogen-bond acceptors (Lipinski definition) is 6. The van der Waals surface area contributed by atoms with Gasteiger partial charge in [0.15, 0.2) is 0 Å². The molecular formula is C21H27NO5. The number of unbranched alkanes of at least 4 members (excludes halogenated alkanes) is 2. The summed E-state index contributed by atoms with van der Waals surface area (Å²) < 4.78 is 15.8. The Morgan fingerprint density at radius 2 is 1.81 bits per heavy atom. The Labute approximate surface area is 159 Å². The van der Waals surface area contributed by atoms with Crippen molar-refractivity contribution in [2.75, 3.05) is 13.7 Å². The highest BCUT2D eigenvalue weighted by molar-refractivity contribution is 5.92. The SMILES string of the molecule is COC(=O)c1ccc2cccc(OCCCCCC(=O)OC(C)(C)C)c2n1. The van der Waals surface area contributed by atoms with Gasteiger partial charge in [0.2, 0.25) is 0 Å². The van der Waals surface area contributed by atoms with Crippen molar-refractivity contribution in [2.45, 2.75) is 52.1 Å². The van der Waals surface area contributed by atoms with Gasteiger partial charge in [-0.05, 0) is 52.2 Å². The summed E-state index contributed by atoms with van der Waals surface area (Å²) in [4.78, 5) is 27.7. The second-order valence-electron chi connectivity index (χ2n) is 7.26. The van der Waals surface area contributed by atoms with Gasteiger partial charge in [0.05, 0.1) is 13.7 Å². The molecule has 0 atom stereocenters. The highest BCUT2D eigenvalue weighted by atomic mass is 16.6. The molecule has 146 valence electrons. The van der Waals surface area contributed by atoms with Crippen molar-refractivity contribution >= 4 is 22.8 Å². The van der Waals surface area contributed by atoms with E-state index in [0.29, 0.717) is 24.3 Å². The zero-order chi connectivity index (χ0) is 19.9. The predicted molar refractivity (Wildman–Crippen MR) is 103 cm³/mol. The van der Waals surface area contributed by atoms with Gasteiger partial charge in [-0.25, -0.2) is 9.78 Å². The molecular weight excluding hydrogens is 346 g/mol. The maximum absolute atomic E-state index is 11.7. The Balaban J connectivity index is 1.84. The summed E-state index contributed by atoms with van der Waals surface area (Å²) in [5.41, 5.74) is 0.442. The third-order valence-electron chi connectivity index (χ3n) is 3.78. The van der Waals surface area contributed by atoms with Crippen LogP contribution in [0.2, 0.25) is 0 Å². The first-order valence-electron chi connectivity index (χ1n) is 9.13. The molecule has 1 aromatic carbocycles. The Morgan fingerprint density at radius 1 is 1.04 bits per heavy atom. The summed E-state index contributed by atoms with van der Waals surface area (Å²) in [5, 5.41) is 0.894. The van der Waals surface area contributed by atoms with Gasteiger partial charge < -0.3 is 14.2 Å². The van der Waals surface area contributed by atoms with Gasteiger partial charge in [0, 0.05) is 11.8 Å². The molecule has 1 aromatic heterocycles. The molecule has 6 nitrogen and oxygen atoms in total. The molecule has 6 heteroatoms. The summed E-state index contributed by atoms with van der Waals surface area (Å²) in [5.74, 6) is -0.0174. The molecule has 0 fully saturated rings. The van der Waals surface area contributed by atoms with E-state index in [1.807, 2.05) is 45.0 Å². The van der Waals surface area contributed by atoms with Gasteiger partial charge in [0.25, 0.3) is 0 Å². The van der Waals surface area contributed by atoms with Crippen molar-refractivity contribution in [2.24, 2.45) is 0 Å². The summed E-state index contributed by atoms with van der Waals surface area (Å²) in [6.07, 6.45) is 2.86. The second-order valence-corrected chi connectivity index (χ2v) is 7.26. The molecule has 0 unspecified atom stereocenters. The van der Waals surface area contributed by atoms with Crippen molar-refractivity contribution in [3.63, 3.8) is 0 Å². The van der Waals surface area contributed by atoms with Crippen LogP contribution in [0.25, 0.3) is 10.9 Å². The molecule has 0 saturated heterocycles. The lowest BCUT2D eigenvalue weighted by atomic mass is 10.1. The highest BCUT2D eigenvalue weighted by Crippen LogP contribution is 2.24. The smallest absolute Gasteiger partial charge is 0.356 e. The van der Waals surface area contributed by atoms with Crippen molar-refractivity contribution in [3.8, 4) is 5.75 Å². The third-order valence-corrected chi connectivity index (χ3v) is 3.78. The minimum absolute atomic E-state index is 0.169. The Kier molecular flexibility index (Phi) is 7.16. The van der Waals surface area contributed by atoms with Crippen LogP contribution in [0.5, 0.6) is 5.75 Å². The number of pyridine rings is 1. The fourth-order valence-corrected chi connectivity index (χ4v) is 2.58. The van der Waals surface area contributed by atoms with Crippen molar-refractivity contribution in [3.05, 3.63) is 36.0 Å². The van der Waals surface area contributed by atoms with Crippen LogP contribution in [0.3, 0.4) is 0 Å². The Hall–Kier alpha value is -2.63. The van der Waals surface area contributed by atoms with Crippen LogP contribution in [0.1, 0.15) is 56.9 Å². The molecule has 0 bridgehead atoms. The van der Waals surface area contributed by atoms with E-state index in [1.165, 1.54) is 7.11 Å². The number of hydrogen-bond donors (Lipinski definition) is 0. The molecule has 2 rings (SSSR count). The molecule has 0 N–H and O–H groups in total. The zero-order valence-electron chi connectivity index (χ0n) is 16.4. The van der Waals surface area contributed by atoms with Crippen LogP contribution in [-0.4, -0.2) is 36.2 Å². The molecule has 0 spiro atoms. The molecule has 0 aliphatic carbocycles. The molecule has 27 heavy (non-hydrogen) atoms. The van der Waals surface area contributed by atoms with Crippen molar-refractivity contribution in [1.29, 1.82) is 0 Å². The van der Waals surface area contributed by atoms with Crippen LogP contribution in [0.15, 0.2) is 30.3 Å². The quantitative estimate of drug-likeness (QED) is 0.507. The number of aromatic nitrogens is 1. The van der Waals surface area contributed by atoms with E-state index in [0.717, 1.165) is 24.6 Å². The zero-order valence-corrected chi connectivity index (χ0v) is 16.4. The van der Waals surface area contributed by atoms with Gasteiger partial charge in [-0.1, -0.05) is 18.2 Å². The molecule has 2 aromatic rings. The average molecular weight is 373 g/mol. The number of esters is 2. The molecule has 0 radical (unpaired) electrons. The number of fused-ring (bicyclic) bond motifs is 1. The molecule has 0 aliphatic heterocycles. The number of carbonyl (C=O) groups is 2. The van der Waals surface area contributed by atoms with Crippen LogP contribution in [0, 0.1) is 0 Å². The third kappa shape index (κ3) is 6.55. The van der Waals surface area contributed by atoms with Gasteiger partial charge in [0.1, 0.15) is 22.6 Å². The number of rotatable bonds is 8. The first-order chi connectivity index (χ1) is 12.8. The van der Waals surface area contributed by atoms with E-state index in [2.05, 4.69) is 4.98 Å². The van der Waals surface area contributed by atoms with E-state index in [4.69, 9.17) is 14.2 Å². The second kappa shape index (κ2) is 9.35. The number of para-hydroxylation sites is 1. The maximum atomic E-state index is 11.7. The lowest BCUT2D eigenvalue weighted by Crippen LogP contribution is -2.23. The number of carbonyl (C=O) groups excluding carboxylic acids is 2. The lowest BCUT2D eigenvalue weighted by Gasteiger charge is -2.19. The van der Waals surface area contributed by atoms with Crippen LogP contribution >= 0.6 is 0 Å². The summed E-state index contributed by atoms with van der Waals surface area (Å²) >= 11 is 0. The van der Waals surface area contributed by atoms with Gasteiger partial charge in [-0.2, -0.15) is 0 Å². The topological polar surface area (TPSA) is 74.7 Å². The highest BCUT2D eigenvalue weighted by Gasteiger charge is 2.15. The summed E-state index contributed by atoms with van der Waals surface area (Å²) in [6.45, 7) is 6.10. The normalized spacial score (nSPS) is 11.3. The van der Waals surface area contributed by atoms with Gasteiger partial charge in [-0.15, -0.1) is 0 Å². The fraction of sp³-hybridized carbons (Fsp3) is 0.476. The predicted octanol–water partition coefficient (Wildman–Crippen LogP) is 4.30. The first-order valence-corrected chi connectivity index (χ1v) is 9.13. The summed E-state index contributed by atoms with van der Waals surface area (Å²) in [6, 6.07) is 9.09.